The molecule has 10 rings (SSSR count). The zero-order valence-corrected chi connectivity index (χ0v) is 24.8. The molecular weight excluding hydrogens is 597 g/mol. The molecule has 10 aromatic rings. The van der Waals surface area contributed by atoms with Crippen molar-refractivity contribution < 1.29 is 37.0 Å². The van der Waals surface area contributed by atoms with Crippen LogP contribution in [0.15, 0.2) is 163 Å². The van der Waals surface area contributed by atoms with Gasteiger partial charge in [-0.05, 0) is 73.4 Å². The summed E-state index contributed by atoms with van der Waals surface area (Å²) in [5, 5.41) is -2.69. The second kappa shape index (κ2) is 10.8. The smallest absolute Gasteiger partial charge is 0.160 e. The molecule has 0 saturated carbocycles. The van der Waals surface area contributed by atoms with Crippen LogP contribution in [-0.2, 0) is 0 Å². The fraction of sp³-hybridized carbons (Fsp3) is 0.0222. The highest BCUT2D eigenvalue weighted by Gasteiger charge is 2.19. The molecule has 4 nitrogen and oxygen atoms in total. The van der Waals surface area contributed by atoms with Crippen molar-refractivity contribution in [3.8, 4) is 34.0 Å². The largest absolute Gasteiger partial charge is 0.309 e. The first-order valence-electron chi connectivity index (χ1n) is 28.0. The monoisotopic (exact) mass is 653 g/mol. The molecular formula is C45H30N4. The molecule has 3 heterocycles. The first-order chi connectivity index (χ1) is 35.5. The lowest BCUT2D eigenvalue weighted by molar-refractivity contribution is 1.17. The van der Waals surface area contributed by atoms with Crippen LogP contribution in [-0.4, -0.2) is 19.1 Å². The van der Waals surface area contributed by atoms with E-state index in [1.54, 1.807) is 0 Å². The Balaban J connectivity index is 1.42. The molecule has 0 aliphatic rings. The number of fused-ring (bicyclic) bond motifs is 7. The normalized spacial score (nSPS) is 19.5. The van der Waals surface area contributed by atoms with Gasteiger partial charge in [0.15, 0.2) is 5.82 Å². The molecule has 230 valence electrons. The molecule has 0 amide bonds. The van der Waals surface area contributed by atoms with E-state index in [9.17, 15) is 11.0 Å². The molecule has 0 atom stereocenters. The van der Waals surface area contributed by atoms with Gasteiger partial charge in [0.25, 0.3) is 0 Å². The predicted molar refractivity (Wildman–Crippen MR) is 204 cm³/mol. The van der Waals surface area contributed by atoms with Gasteiger partial charge in [0.1, 0.15) is 0 Å². The van der Waals surface area contributed by atoms with Gasteiger partial charge in [0.2, 0.25) is 0 Å². The zero-order chi connectivity index (χ0) is 56.0. The number of aromatic nitrogens is 4. The molecule has 0 aliphatic heterocycles. The molecule has 0 saturated heterocycles. The summed E-state index contributed by atoms with van der Waals surface area (Å²) >= 11 is 0. The van der Waals surface area contributed by atoms with Crippen LogP contribution < -0.4 is 0 Å². The van der Waals surface area contributed by atoms with E-state index in [-0.39, 0.29) is 5.56 Å². The maximum atomic E-state index is 9.99. The van der Waals surface area contributed by atoms with Crippen molar-refractivity contribution in [1.82, 2.24) is 19.1 Å². The molecule has 0 N–H and O–H groups in total. The van der Waals surface area contributed by atoms with Crippen LogP contribution in [0, 0.1) is 6.92 Å². The van der Waals surface area contributed by atoms with Crippen LogP contribution in [0.2, 0.25) is 0 Å². The fourth-order valence-corrected chi connectivity index (χ4v) is 5.68. The Kier molecular flexibility index (Phi) is 2.61. The number of para-hydroxylation sites is 4. The molecule has 49 heavy (non-hydrogen) atoms. The van der Waals surface area contributed by atoms with E-state index in [2.05, 4.69) is 9.97 Å². The Morgan fingerprint density at radius 3 is 1.57 bits per heavy atom. The van der Waals surface area contributed by atoms with Crippen molar-refractivity contribution in [2.75, 3.05) is 0 Å². The SMILES string of the molecule is [2H]c1c([2H])c([2H])c(-n2c3c([2H])c([2H])c([2H])c([2H])c3c3c([2H])c4c(c([2H])c32)c2c([2H])c([2H])c([2H])c([2H])c2n4-c2c([2H])c([2H])c(-c3nc(-c4c([2H])c([2H])c(C)c([2H])c4[2H])c4c([2H])c([2H])c([2H])c([2H])c4n3)c([2H])c2[2H])c([2H])c1[2H]. The highest BCUT2D eigenvalue weighted by atomic mass is 15.0. The summed E-state index contributed by atoms with van der Waals surface area (Å²) in [6, 6.07) is -22.9. The van der Waals surface area contributed by atoms with Crippen molar-refractivity contribution in [1.29, 1.82) is 0 Å². The van der Waals surface area contributed by atoms with Gasteiger partial charge in [-0.1, -0.05) is 102 Å². The Hall–Kier alpha value is -6.52. The van der Waals surface area contributed by atoms with E-state index in [0.29, 0.717) is 0 Å². The van der Waals surface area contributed by atoms with Gasteiger partial charge in [-0.15, -0.1) is 0 Å². The van der Waals surface area contributed by atoms with Crippen LogP contribution in [0.5, 0.6) is 0 Å². The summed E-state index contributed by atoms with van der Waals surface area (Å²) in [4.78, 5) is 8.70. The molecule has 3 aromatic heterocycles. The highest BCUT2D eigenvalue weighted by molar-refractivity contribution is 6.19. The van der Waals surface area contributed by atoms with E-state index in [1.165, 1.54) is 6.92 Å². The maximum Gasteiger partial charge on any atom is 0.160 e. The minimum Gasteiger partial charge on any atom is -0.309 e. The lowest BCUT2D eigenvalue weighted by Crippen LogP contribution is -1.97. The predicted octanol–water partition coefficient (Wildman–Crippen LogP) is 11.5. The summed E-state index contributed by atoms with van der Waals surface area (Å²) in [5.74, 6) is -0.774. The number of benzene rings is 7. The molecule has 4 heteroatoms. The molecule has 0 unspecified atom stereocenters. The number of nitrogens with zero attached hydrogens (tertiary/aromatic N) is 4. The average Bonchev–Trinajstić information content (AvgIpc) is 4.08. The zero-order valence-electron chi connectivity index (χ0n) is 51.8. The Morgan fingerprint density at radius 2 is 0.939 bits per heavy atom. The first-order valence-corrected chi connectivity index (χ1v) is 14.5. The summed E-state index contributed by atoms with van der Waals surface area (Å²) < 4.78 is 243. The standard InChI is InChI=1S/C45H30N4/c1-29-19-21-30(22-20-29)44-36-15-5-8-16-39(36)46-45(47-44)31-23-25-33(26-24-31)49-41-18-10-7-14-35(41)38-27-42-37(28-43(38)49)34-13-6-9-17-40(34)48(42)32-11-3-2-4-12-32/h2-28H,1H3/i2D,3D,4D,5D,6D,7D,8D,9D,10D,11D,12D,13D,14D,15D,16D,17D,18D,19D,20D,21D,22D,23D,24D,25D,26D,27D,28D. The van der Waals surface area contributed by atoms with Gasteiger partial charge in [-0.3, -0.25) is 0 Å². The molecule has 0 spiro atoms. The van der Waals surface area contributed by atoms with Gasteiger partial charge < -0.3 is 9.13 Å². The second-order valence-corrected chi connectivity index (χ2v) is 10.6. The number of hydrogen-bond donors (Lipinski definition) is 0. The van der Waals surface area contributed by atoms with Crippen molar-refractivity contribution in [2.45, 2.75) is 6.92 Å². The lowest BCUT2D eigenvalue weighted by atomic mass is 10.0. The van der Waals surface area contributed by atoms with Crippen LogP contribution in [0.25, 0.3) is 88.5 Å². The first kappa shape index (κ1) is 11.9. The van der Waals surface area contributed by atoms with E-state index < -0.39 is 252 Å². The van der Waals surface area contributed by atoms with Gasteiger partial charge in [0, 0.05) is 49.4 Å². The van der Waals surface area contributed by atoms with Gasteiger partial charge in [-0.2, -0.15) is 0 Å². The highest BCUT2D eigenvalue weighted by Crippen LogP contribution is 2.40. The summed E-state index contributed by atoms with van der Waals surface area (Å²) in [6.45, 7) is 1.32. The van der Waals surface area contributed by atoms with Gasteiger partial charge in [0.05, 0.1) is 70.3 Å². The minimum absolute atomic E-state index is 0.0809. The van der Waals surface area contributed by atoms with E-state index in [1.807, 2.05) is 0 Å². The summed E-state index contributed by atoms with van der Waals surface area (Å²) in [5.41, 5.74) is -6.60. The quantitative estimate of drug-likeness (QED) is 0.189. The third kappa shape index (κ3) is 4.31. The van der Waals surface area contributed by atoms with Crippen LogP contribution in [0.4, 0.5) is 0 Å². The summed E-state index contributed by atoms with van der Waals surface area (Å²) in [7, 11) is 0. The molecule has 0 aliphatic carbocycles. The molecule has 0 fully saturated rings. The van der Waals surface area contributed by atoms with Crippen LogP contribution >= 0.6 is 0 Å². The third-order valence-electron chi connectivity index (χ3n) is 7.79. The second-order valence-electron chi connectivity index (χ2n) is 10.6. The average molecular weight is 654 g/mol. The molecule has 0 radical (unpaired) electrons. The van der Waals surface area contributed by atoms with Crippen molar-refractivity contribution >= 4 is 54.5 Å². The van der Waals surface area contributed by atoms with Crippen molar-refractivity contribution in [3.05, 3.63) is 169 Å². The van der Waals surface area contributed by atoms with E-state index in [4.69, 9.17) is 26.0 Å². The number of rotatable bonds is 4. The summed E-state index contributed by atoms with van der Waals surface area (Å²) in [6.07, 6.45) is 0. The van der Waals surface area contributed by atoms with Crippen LogP contribution in [0.1, 0.15) is 42.6 Å². The Morgan fingerprint density at radius 1 is 0.429 bits per heavy atom. The Labute approximate surface area is 321 Å². The molecule has 7 aromatic carbocycles. The lowest BCUT2D eigenvalue weighted by Gasteiger charge is -2.11. The third-order valence-corrected chi connectivity index (χ3v) is 7.79. The minimum atomic E-state index is -1.04. The molecule has 0 bridgehead atoms. The Bertz CT molecular complexity index is 4360. The van der Waals surface area contributed by atoms with Gasteiger partial charge in [-0.25, -0.2) is 9.97 Å². The fourth-order valence-electron chi connectivity index (χ4n) is 5.68. The van der Waals surface area contributed by atoms with E-state index >= 15 is 0 Å². The topological polar surface area (TPSA) is 35.6 Å². The van der Waals surface area contributed by atoms with Crippen molar-refractivity contribution in [2.24, 2.45) is 0 Å². The van der Waals surface area contributed by atoms with Gasteiger partial charge >= 0.3 is 0 Å². The number of hydrogen-bond acceptors (Lipinski definition) is 2. The van der Waals surface area contributed by atoms with E-state index in [0.717, 1.165) is 9.13 Å². The van der Waals surface area contributed by atoms with Crippen molar-refractivity contribution in [3.63, 3.8) is 0 Å². The van der Waals surface area contributed by atoms with Crippen LogP contribution in [0.3, 0.4) is 0 Å². The maximum absolute atomic E-state index is 9.99.